The number of para-hydroxylation sites is 1. The fourth-order valence-electron chi connectivity index (χ4n) is 4.13. The molecular weight excluding hydrogens is 412 g/mol. The highest BCUT2D eigenvalue weighted by molar-refractivity contribution is 7.90. The van der Waals surface area contributed by atoms with Crippen LogP contribution >= 0.6 is 0 Å². The van der Waals surface area contributed by atoms with Crippen LogP contribution in [0, 0.1) is 0 Å². The van der Waals surface area contributed by atoms with Gasteiger partial charge in [-0.2, -0.15) is 0 Å². The number of ether oxygens (including phenoxy) is 1. The highest BCUT2D eigenvalue weighted by Gasteiger charge is 2.29. The molecule has 4 rings (SSSR count). The summed E-state index contributed by atoms with van der Waals surface area (Å²) in [5, 5.41) is 0.895. The van der Waals surface area contributed by atoms with E-state index in [1.807, 2.05) is 45.0 Å². The average molecular weight is 441 g/mol. The Labute approximate surface area is 183 Å². The summed E-state index contributed by atoms with van der Waals surface area (Å²) in [6.07, 6.45) is 2.86. The zero-order valence-electron chi connectivity index (χ0n) is 18.1. The molecule has 31 heavy (non-hydrogen) atoms. The maximum absolute atomic E-state index is 13.3. The second-order valence-corrected chi connectivity index (χ2v) is 10.8. The second kappa shape index (κ2) is 8.04. The van der Waals surface area contributed by atoms with Gasteiger partial charge in [0.2, 0.25) is 0 Å². The smallest absolute Gasteiger partial charge is 0.410 e. The maximum Gasteiger partial charge on any atom is 0.410 e. The number of carbonyl (C=O) groups excluding carboxylic acids is 1. The SMILES string of the molecule is CC(C)(C)OC(=O)N1CCC(c2cccc3ccn(S(=O)(=O)c4ccccc4)c23)CC1. The molecule has 3 aromatic rings. The van der Waals surface area contributed by atoms with E-state index in [0.29, 0.717) is 13.1 Å². The molecule has 2 aromatic carbocycles. The molecule has 6 nitrogen and oxygen atoms in total. The highest BCUT2D eigenvalue weighted by atomic mass is 32.2. The molecule has 0 aliphatic carbocycles. The number of rotatable bonds is 3. The molecule has 0 atom stereocenters. The van der Waals surface area contributed by atoms with E-state index in [9.17, 15) is 13.2 Å². The topological polar surface area (TPSA) is 68.6 Å². The molecule has 2 heterocycles. The predicted octanol–water partition coefficient (Wildman–Crippen LogP) is 4.99. The number of amides is 1. The van der Waals surface area contributed by atoms with Gasteiger partial charge in [0.05, 0.1) is 10.4 Å². The summed E-state index contributed by atoms with van der Waals surface area (Å²) < 4.78 is 33.5. The molecule has 1 saturated heterocycles. The molecule has 7 heteroatoms. The first-order valence-electron chi connectivity index (χ1n) is 10.6. The van der Waals surface area contributed by atoms with E-state index in [0.717, 1.165) is 29.3 Å². The van der Waals surface area contributed by atoms with Crippen molar-refractivity contribution in [3.8, 4) is 0 Å². The van der Waals surface area contributed by atoms with Crippen LogP contribution in [0.5, 0.6) is 0 Å². The van der Waals surface area contributed by atoms with Crippen LogP contribution < -0.4 is 0 Å². The van der Waals surface area contributed by atoms with Crippen LogP contribution in [0.2, 0.25) is 0 Å². The molecule has 1 aromatic heterocycles. The molecule has 1 aliphatic heterocycles. The Bertz CT molecular complexity index is 1190. The Balaban J connectivity index is 1.63. The Morgan fingerprint density at radius 2 is 1.65 bits per heavy atom. The molecule has 0 unspecified atom stereocenters. The largest absolute Gasteiger partial charge is 0.444 e. The summed E-state index contributed by atoms with van der Waals surface area (Å²) in [6, 6.07) is 16.2. The minimum Gasteiger partial charge on any atom is -0.444 e. The van der Waals surface area contributed by atoms with Crippen molar-refractivity contribution < 1.29 is 17.9 Å². The lowest BCUT2D eigenvalue weighted by Gasteiger charge is -2.34. The minimum absolute atomic E-state index is 0.169. The summed E-state index contributed by atoms with van der Waals surface area (Å²) in [5.41, 5.74) is 1.21. The van der Waals surface area contributed by atoms with Gasteiger partial charge in [-0.1, -0.05) is 36.4 Å². The third-order valence-corrected chi connectivity index (χ3v) is 7.28. The van der Waals surface area contributed by atoms with E-state index in [4.69, 9.17) is 4.74 Å². The average Bonchev–Trinajstić information content (AvgIpc) is 3.18. The van der Waals surface area contributed by atoms with Gasteiger partial charge >= 0.3 is 6.09 Å². The summed E-state index contributed by atoms with van der Waals surface area (Å²) in [6.45, 7) is 6.75. The number of benzene rings is 2. The van der Waals surface area contributed by atoms with E-state index >= 15 is 0 Å². The van der Waals surface area contributed by atoms with Crippen LogP contribution in [-0.2, 0) is 14.8 Å². The van der Waals surface area contributed by atoms with Gasteiger partial charge in [0.1, 0.15) is 5.60 Å². The van der Waals surface area contributed by atoms with Crippen LogP contribution in [0.1, 0.15) is 45.1 Å². The third-order valence-electron chi connectivity index (χ3n) is 5.59. The summed E-state index contributed by atoms with van der Waals surface area (Å²) >= 11 is 0. The molecule has 0 bridgehead atoms. The quantitative estimate of drug-likeness (QED) is 0.575. The molecule has 1 aliphatic rings. The van der Waals surface area contributed by atoms with Gasteiger partial charge in [-0.05, 0) is 63.3 Å². The predicted molar refractivity (Wildman–Crippen MR) is 121 cm³/mol. The molecule has 0 spiro atoms. The number of aromatic nitrogens is 1. The van der Waals surface area contributed by atoms with Crippen molar-refractivity contribution in [2.45, 2.75) is 50.0 Å². The number of carbonyl (C=O) groups is 1. The lowest BCUT2D eigenvalue weighted by atomic mass is 9.88. The first-order chi connectivity index (χ1) is 14.7. The van der Waals surface area contributed by atoms with Crippen molar-refractivity contribution in [3.05, 3.63) is 66.4 Å². The van der Waals surface area contributed by atoms with Crippen molar-refractivity contribution in [3.63, 3.8) is 0 Å². The van der Waals surface area contributed by atoms with E-state index in [1.54, 1.807) is 41.4 Å². The lowest BCUT2D eigenvalue weighted by Crippen LogP contribution is -2.41. The van der Waals surface area contributed by atoms with Crippen molar-refractivity contribution >= 4 is 27.0 Å². The Morgan fingerprint density at radius 1 is 0.968 bits per heavy atom. The van der Waals surface area contributed by atoms with Gasteiger partial charge in [0, 0.05) is 24.7 Å². The van der Waals surface area contributed by atoms with E-state index < -0.39 is 15.6 Å². The molecule has 0 saturated carbocycles. The summed E-state index contributed by atoms with van der Waals surface area (Å²) in [5.74, 6) is 0.169. The molecule has 0 radical (unpaired) electrons. The van der Waals surface area contributed by atoms with Crippen LogP contribution in [0.25, 0.3) is 10.9 Å². The van der Waals surface area contributed by atoms with Gasteiger partial charge in [-0.3, -0.25) is 0 Å². The Hall–Kier alpha value is -2.80. The first kappa shape index (κ1) is 21.4. The normalized spacial score (nSPS) is 15.9. The van der Waals surface area contributed by atoms with E-state index in [1.165, 1.54) is 3.97 Å². The number of hydrogen-bond donors (Lipinski definition) is 0. The third kappa shape index (κ3) is 4.32. The number of fused-ring (bicyclic) bond motifs is 1. The monoisotopic (exact) mass is 440 g/mol. The van der Waals surface area contributed by atoms with Crippen molar-refractivity contribution in [1.29, 1.82) is 0 Å². The van der Waals surface area contributed by atoms with Gasteiger partial charge in [-0.15, -0.1) is 0 Å². The molecule has 1 amide bonds. The van der Waals surface area contributed by atoms with Gasteiger partial charge in [0.25, 0.3) is 10.0 Å². The van der Waals surface area contributed by atoms with Gasteiger partial charge in [0.15, 0.2) is 0 Å². The van der Waals surface area contributed by atoms with Crippen molar-refractivity contribution in [2.75, 3.05) is 13.1 Å². The molecule has 1 fully saturated rings. The Morgan fingerprint density at radius 3 is 2.29 bits per heavy atom. The summed E-state index contributed by atoms with van der Waals surface area (Å²) in [7, 11) is -3.70. The van der Waals surface area contributed by atoms with Crippen LogP contribution in [0.3, 0.4) is 0 Å². The fraction of sp³-hybridized carbons (Fsp3) is 0.375. The number of hydrogen-bond acceptors (Lipinski definition) is 4. The standard InChI is InChI=1S/C24H28N2O4S/c1-24(2,3)30-23(27)25-15-12-18(13-16-25)21-11-7-8-19-14-17-26(22(19)21)31(28,29)20-9-5-4-6-10-20/h4-11,14,17-18H,12-13,15-16H2,1-3H3. The molecule has 0 N–H and O–H groups in total. The Kier molecular flexibility index (Phi) is 5.56. The van der Waals surface area contributed by atoms with E-state index in [2.05, 4.69) is 0 Å². The highest BCUT2D eigenvalue weighted by Crippen LogP contribution is 2.35. The van der Waals surface area contributed by atoms with Gasteiger partial charge < -0.3 is 9.64 Å². The van der Waals surface area contributed by atoms with Gasteiger partial charge in [-0.25, -0.2) is 17.2 Å². The van der Waals surface area contributed by atoms with E-state index in [-0.39, 0.29) is 16.9 Å². The van der Waals surface area contributed by atoms with Crippen molar-refractivity contribution in [2.24, 2.45) is 0 Å². The second-order valence-electron chi connectivity index (χ2n) is 8.96. The minimum atomic E-state index is -3.70. The van der Waals surface area contributed by atoms with Crippen LogP contribution in [0.4, 0.5) is 4.79 Å². The fourth-order valence-corrected chi connectivity index (χ4v) is 5.53. The zero-order valence-corrected chi connectivity index (χ0v) is 18.9. The van der Waals surface area contributed by atoms with Crippen LogP contribution in [-0.4, -0.2) is 42.1 Å². The number of piperidine rings is 1. The zero-order chi connectivity index (χ0) is 22.2. The maximum atomic E-state index is 13.3. The number of nitrogens with zero attached hydrogens (tertiary/aromatic N) is 2. The lowest BCUT2D eigenvalue weighted by molar-refractivity contribution is 0.0205. The first-order valence-corrected chi connectivity index (χ1v) is 12.0. The molecule has 164 valence electrons. The number of likely N-dealkylation sites (tertiary alicyclic amines) is 1. The van der Waals surface area contributed by atoms with Crippen molar-refractivity contribution in [1.82, 2.24) is 8.87 Å². The molecular formula is C24H28N2O4S. The van der Waals surface area contributed by atoms with Crippen LogP contribution in [0.15, 0.2) is 65.7 Å². The summed E-state index contributed by atoms with van der Waals surface area (Å²) in [4.78, 5) is 14.4.